The molecule has 1 fully saturated rings. The van der Waals surface area contributed by atoms with Crippen LogP contribution in [-0.2, 0) is 14.4 Å². The van der Waals surface area contributed by atoms with Crippen molar-refractivity contribution in [2.45, 2.75) is 32.1 Å². The Labute approximate surface area is 188 Å². The van der Waals surface area contributed by atoms with Crippen molar-refractivity contribution < 1.29 is 14.4 Å². The van der Waals surface area contributed by atoms with E-state index in [9.17, 15) is 19.2 Å². The second kappa shape index (κ2) is 8.62. The zero-order chi connectivity index (χ0) is 23.0. The van der Waals surface area contributed by atoms with Gasteiger partial charge in [-0.1, -0.05) is 17.7 Å². The van der Waals surface area contributed by atoms with Gasteiger partial charge in [-0.25, -0.2) is 0 Å². The van der Waals surface area contributed by atoms with Crippen molar-refractivity contribution in [1.29, 1.82) is 0 Å². The number of carbonyl (C=O) groups excluding carboxylic acids is 3. The molecule has 0 bridgehead atoms. The molecule has 3 amide bonds. The molecule has 10 nitrogen and oxygen atoms in total. The number of H-pyrrole nitrogens is 1. The van der Waals surface area contributed by atoms with Gasteiger partial charge in [0.25, 0.3) is 5.56 Å². The molecule has 5 N–H and O–H groups in total. The van der Waals surface area contributed by atoms with Gasteiger partial charge in [0.05, 0.1) is 11.5 Å². The average Bonchev–Trinajstić information content (AvgIpc) is 2.75. The van der Waals surface area contributed by atoms with Crippen LogP contribution < -0.4 is 26.8 Å². The number of nitrogens with one attached hydrogen (secondary N) is 3. The van der Waals surface area contributed by atoms with E-state index in [0.717, 1.165) is 5.56 Å². The van der Waals surface area contributed by atoms with Crippen LogP contribution in [0, 0.1) is 12.8 Å². The summed E-state index contributed by atoms with van der Waals surface area (Å²) in [5.41, 5.74) is 6.29. The maximum absolute atomic E-state index is 13.0. The van der Waals surface area contributed by atoms with Crippen LogP contribution in [0.5, 0.6) is 0 Å². The van der Waals surface area contributed by atoms with Gasteiger partial charge in [0.2, 0.25) is 23.7 Å². The van der Waals surface area contributed by atoms with Crippen molar-refractivity contribution in [3.63, 3.8) is 0 Å². The van der Waals surface area contributed by atoms with Crippen LogP contribution in [0.15, 0.2) is 23.0 Å². The fraction of sp³-hybridized carbons (Fsp3) is 0.381. The Hall–Kier alpha value is -3.40. The van der Waals surface area contributed by atoms with E-state index in [2.05, 4.69) is 20.6 Å². The summed E-state index contributed by atoms with van der Waals surface area (Å²) >= 11 is 6.02. The molecule has 11 heteroatoms. The van der Waals surface area contributed by atoms with E-state index < -0.39 is 23.3 Å². The number of amides is 3. The van der Waals surface area contributed by atoms with Crippen molar-refractivity contribution in [2.75, 3.05) is 28.6 Å². The van der Waals surface area contributed by atoms with Crippen LogP contribution in [0.2, 0.25) is 5.02 Å². The number of hydrogen-bond acceptors (Lipinski definition) is 6. The highest BCUT2D eigenvalue weighted by atomic mass is 35.5. The molecule has 2 aliphatic heterocycles. The monoisotopic (exact) mass is 458 g/mol. The maximum Gasteiger partial charge on any atom is 0.258 e. The molecule has 2 aliphatic rings. The average molecular weight is 459 g/mol. The van der Waals surface area contributed by atoms with Gasteiger partial charge in [-0.15, -0.1) is 0 Å². The summed E-state index contributed by atoms with van der Waals surface area (Å²) in [6.07, 6.45) is 0.922. The molecule has 1 aromatic heterocycles. The third-order valence-electron chi connectivity index (χ3n) is 5.91. The third kappa shape index (κ3) is 4.31. The van der Waals surface area contributed by atoms with Gasteiger partial charge in [-0.2, -0.15) is 4.98 Å². The van der Waals surface area contributed by atoms with Crippen LogP contribution in [0.1, 0.15) is 36.3 Å². The zero-order valence-electron chi connectivity index (χ0n) is 17.4. The summed E-state index contributed by atoms with van der Waals surface area (Å²) in [6.45, 7) is 2.79. The molecule has 168 valence electrons. The Morgan fingerprint density at radius 3 is 2.66 bits per heavy atom. The van der Waals surface area contributed by atoms with Gasteiger partial charge >= 0.3 is 0 Å². The summed E-state index contributed by atoms with van der Waals surface area (Å²) in [5, 5.41) is 5.82. The van der Waals surface area contributed by atoms with Crippen LogP contribution in [-0.4, -0.2) is 40.8 Å². The first-order valence-corrected chi connectivity index (χ1v) is 10.7. The molecule has 0 saturated carbocycles. The number of hydrogen-bond donors (Lipinski definition) is 4. The fourth-order valence-corrected chi connectivity index (χ4v) is 4.23. The number of nitrogens with two attached hydrogens (primary N) is 1. The number of carbonyl (C=O) groups is 3. The Morgan fingerprint density at radius 2 is 1.97 bits per heavy atom. The normalized spacial score (nSPS) is 18.6. The lowest BCUT2D eigenvalue weighted by atomic mass is 9.92. The second-order valence-corrected chi connectivity index (χ2v) is 8.51. The number of aromatic amines is 1. The van der Waals surface area contributed by atoms with Crippen LogP contribution in [0.4, 0.5) is 17.5 Å². The number of piperidine rings is 1. The number of primary amides is 1. The highest BCUT2D eigenvalue weighted by Crippen LogP contribution is 2.31. The van der Waals surface area contributed by atoms with Gasteiger partial charge in [-0.3, -0.25) is 24.2 Å². The lowest BCUT2D eigenvalue weighted by Crippen LogP contribution is -2.41. The van der Waals surface area contributed by atoms with Gasteiger partial charge in [0.1, 0.15) is 5.82 Å². The Balaban J connectivity index is 1.61. The molecular weight excluding hydrogens is 436 g/mol. The first-order valence-electron chi connectivity index (χ1n) is 10.3. The number of benzene rings is 1. The number of aryl methyl sites for hydroxylation is 1. The topological polar surface area (TPSA) is 150 Å². The van der Waals surface area contributed by atoms with E-state index in [1.54, 1.807) is 18.2 Å². The summed E-state index contributed by atoms with van der Waals surface area (Å²) in [6, 6.07) is 5.08. The molecule has 1 aromatic carbocycles. The molecule has 0 radical (unpaired) electrons. The first kappa shape index (κ1) is 21.8. The summed E-state index contributed by atoms with van der Waals surface area (Å²) in [4.78, 5) is 58.6. The van der Waals surface area contributed by atoms with E-state index in [1.807, 2.05) is 11.8 Å². The largest absolute Gasteiger partial charge is 0.369 e. The van der Waals surface area contributed by atoms with E-state index in [1.165, 1.54) is 0 Å². The summed E-state index contributed by atoms with van der Waals surface area (Å²) in [7, 11) is 0. The number of fused-ring (bicyclic) bond motifs is 1. The van der Waals surface area contributed by atoms with Crippen LogP contribution >= 0.6 is 11.6 Å². The minimum atomic E-state index is -0.997. The van der Waals surface area contributed by atoms with E-state index in [-0.39, 0.29) is 35.6 Å². The minimum absolute atomic E-state index is 0.0694. The predicted octanol–water partition coefficient (Wildman–Crippen LogP) is 1.50. The van der Waals surface area contributed by atoms with Gasteiger partial charge in [0.15, 0.2) is 0 Å². The van der Waals surface area contributed by atoms with Crippen LogP contribution in [0.3, 0.4) is 0 Å². The molecule has 1 atom stereocenters. The molecule has 4 rings (SSSR count). The van der Waals surface area contributed by atoms with Crippen LogP contribution in [0.25, 0.3) is 0 Å². The quantitative estimate of drug-likeness (QED) is 0.545. The lowest BCUT2D eigenvalue weighted by molar-refractivity contribution is -0.123. The maximum atomic E-state index is 13.0. The molecule has 0 spiro atoms. The Bertz CT molecular complexity index is 1160. The van der Waals surface area contributed by atoms with Gasteiger partial charge < -0.3 is 21.3 Å². The number of halogens is 1. The Morgan fingerprint density at radius 1 is 1.25 bits per heavy atom. The van der Waals surface area contributed by atoms with E-state index >= 15 is 0 Å². The molecule has 0 unspecified atom stereocenters. The number of rotatable bonds is 4. The summed E-state index contributed by atoms with van der Waals surface area (Å²) in [5.74, 6) is -2.09. The minimum Gasteiger partial charge on any atom is -0.369 e. The van der Waals surface area contributed by atoms with Gasteiger partial charge in [0, 0.05) is 36.1 Å². The third-order valence-corrected chi connectivity index (χ3v) is 6.14. The number of nitrogens with zero attached hydrogens (tertiary/aromatic N) is 2. The van der Waals surface area contributed by atoms with E-state index in [4.69, 9.17) is 17.3 Å². The zero-order valence-corrected chi connectivity index (χ0v) is 18.2. The summed E-state index contributed by atoms with van der Waals surface area (Å²) < 4.78 is 0. The number of anilines is 3. The van der Waals surface area contributed by atoms with E-state index in [0.29, 0.717) is 36.6 Å². The Kier molecular flexibility index (Phi) is 5.88. The highest BCUT2D eigenvalue weighted by Gasteiger charge is 2.35. The van der Waals surface area contributed by atoms with Crippen molar-refractivity contribution in [3.05, 3.63) is 44.7 Å². The van der Waals surface area contributed by atoms with Crippen molar-refractivity contribution in [1.82, 2.24) is 9.97 Å². The first-order chi connectivity index (χ1) is 15.2. The second-order valence-electron chi connectivity index (χ2n) is 8.07. The van der Waals surface area contributed by atoms with Crippen molar-refractivity contribution >= 4 is 46.8 Å². The molecular formula is C21H23ClN6O4. The SMILES string of the molecule is Cc1ccc(Cl)cc1NC(=O)[C@@H]1CC(=O)Nc2nc(N3CCC(C(N)=O)CC3)[nH]c(=O)c21. The lowest BCUT2D eigenvalue weighted by Gasteiger charge is -2.32. The van der Waals surface area contributed by atoms with Gasteiger partial charge in [-0.05, 0) is 37.5 Å². The van der Waals surface area contributed by atoms with Crippen molar-refractivity contribution in [2.24, 2.45) is 11.7 Å². The number of aromatic nitrogens is 2. The predicted molar refractivity (Wildman–Crippen MR) is 120 cm³/mol. The van der Waals surface area contributed by atoms with Crippen molar-refractivity contribution in [3.8, 4) is 0 Å². The molecule has 0 aliphatic carbocycles. The standard InChI is InChI=1S/C21H23ClN6O4/c1-10-2-3-12(22)8-14(10)24-19(31)13-9-15(29)25-18-16(13)20(32)27-21(26-18)28-6-4-11(5-7-28)17(23)30/h2-3,8,11,13H,4-7,9H2,1H3,(H2,23,30)(H,24,31)(H2,25,26,27,29,32)/t13-/m1/s1. The molecule has 32 heavy (non-hydrogen) atoms. The molecule has 2 aromatic rings. The highest BCUT2D eigenvalue weighted by molar-refractivity contribution is 6.31. The molecule has 3 heterocycles. The fourth-order valence-electron chi connectivity index (χ4n) is 4.06. The molecule has 1 saturated heterocycles. The smallest absolute Gasteiger partial charge is 0.258 e.